The zero-order valence-corrected chi connectivity index (χ0v) is 19.8. The number of halogens is 1. The Balaban J connectivity index is 1.38. The zero-order valence-electron chi connectivity index (χ0n) is 18.2. The minimum absolute atomic E-state index is 0.328. The highest BCUT2D eigenvalue weighted by Crippen LogP contribution is 2.26. The first-order valence-electron chi connectivity index (χ1n) is 10.5. The molecule has 0 radical (unpaired) electrons. The number of rotatable bonds is 4. The van der Waals surface area contributed by atoms with Crippen LogP contribution in [-0.4, -0.2) is 63.9 Å². The molecule has 0 saturated carbocycles. The predicted octanol–water partition coefficient (Wildman–Crippen LogP) is 2.99. The quantitative estimate of drug-likeness (QED) is 0.440. The summed E-state index contributed by atoms with van der Waals surface area (Å²) in [6.45, 7) is 5.58. The summed E-state index contributed by atoms with van der Waals surface area (Å²) in [6.07, 6.45) is 1.48. The molecule has 1 fully saturated rings. The molecule has 0 unspecified atom stereocenters. The third-order valence-electron chi connectivity index (χ3n) is 5.94. The molecule has 0 amide bonds. The topological polar surface area (TPSA) is 97.1 Å². The SMILES string of the molecule is Cc1ccc(S(=O)(=O)N2CCN(c3ncnc4c3nnn4-c3ccc(Cl)cc3)CC2)cc1C. The number of piperazine rings is 1. The maximum atomic E-state index is 13.1. The summed E-state index contributed by atoms with van der Waals surface area (Å²) >= 11 is 5.99. The molecule has 1 aliphatic rings. The first kappa shape index (κ1) is 21.7. The van der Waals surface area contributed by atoms with Crippen LogP contribution in [0.15, 0.2) is 53.7 Å². The largest absolute Gasteiger partial charge is 0.352 e. The lowest BCUT2D eigenvalue weighted by Gasteiger charge is -2.34. The Morgan fingerprint density at radius 3 is 2.33 bits per heavy atom. The Labute approximate surface area is 196 Å². The molecule has 5 rings (SSSR count). The number of hydrogen-bond donors (Lipinski definition) is 0. The third-order valence-corrected chi connectivity index (χ3v) is 8.09. The maximum absolute atomic E-state index is 13.1. The lowest BCUT2D eigenvalue weighted by atomic mass is 10.1. The second-order valence-electron chi connectivity index (χ2n) is 7.98. The van der Waals surface area contributed by atoms with Crippen LogP contribution >= 0.6 is 11.6 Å². The Hall–Kier alpha value is -3.08. The standard InChI is InChI=1S/C22H22ClN7O2S/c1-15-3-8-19(13-16(15)2)33(31,32)29-11-9-28(10-12-29)21-20-22(25-14-24-21)30(27-26-20)18-6-4-17(23)5-7-18/h3-8,13-14H,9-12H2,1-2H3. The molecule has 1 saturated heterocycles. The number of fused-ring (bicyclic) bond motifs is 1. The fourth-order valence-corrected chi connectivity index (χ4v) is 5.52. The highest BCUT2D eigenvalue weighted by Gasteiger charge is 2.30. The molecule has 170 valence electrons. The van der Waals surface area contributed by atoms with Crippen LogP contribution in [0.5, 0.6) is 0 Å². The van der Waals surface area contributed by atoms with Crippen molar-refractivity contribution in [1.29, 1.82) is 0 Å². The minimum Gasteiger partial charge on any atom is -0.352 e. The Morgan fingerprint density at radius 2 is 1.64 bits per heavy atom. The van der Waals surface area contributed by atoms with Gasteiger partial charge in [-0.3, -0.25) is 0 Å². The summed E-state index contributed by atoms with van der Waals surface area (Å²) < 4.78 is 29.4. The van der Waals surface area contributed by atoms with Crippen LogP contribution in [-0.2, 0) is 10.0 Å². The molecule has 0 N–H and O–H groups in total. The van der Waals surface area contributed by atoms with Crippen molar-refractivity contribution in [3.8, 4) is 5.69 Å². The summed E-state index contributed by atoms with van der Waals surface area (Å²) in [7, 11) is -3.55. The van der Waals surface area contributed by atoms with E-state index in [4.69, 9.17) is 11.6 Å². The number of hydrogen-bond acceptors (Lipinski definition) is 7. The van der Waals surface area contributed by atoms with Gasteiger partial charge in [-0.2, -0.15) is 8.99 Å². The van der Waals surface area contributed by atoms with Gasteiger partial charge in [-0.25, -0.2) is 18.4 Å². The molecule has 0 atom stereocenters. The fourth-order valence-electron chi connectivity index (χ4n) is 3.89. The van der Waals surface area contributed by atoms with E-state index in [0.717, 1.165) is 16.8 Å². The normalized spacial score (nSPS) is 15.3. The Kier molecular flexibility index (Phi) is 5.51. The van der Waals surface area contributed by atoms with Gasteiger partial charge in [0.1, 0.15) is 6.33 Å². The molecular formula is C22H22ClN7O2S. The Bertz CT molecular complexity index is 1430. The number of aryl methyl sites for hydroxylation is 2. The van der Waals surface area contributed by atoms with Crippen LogP contribution in [0, 0.1) is 13.8 Å². The molecule has 2 aromatic heterocycles. The van der Waals surface area contributed by atoms with Crippen LogP contribution in [0.1, 0.15) is 11.1 Å². The minimum atomic E-state index is -3.55. The molecule has 0 bridgehead atoms. The molecule has 0 spiro atoms. The average Bonchev–Trinajstić information content (AvgIpc) is 3.26. The van der Waals surface area contributed by atoms with E-state index < -0.39 is 10.0 Å². The van der Waals surface area contributed by atoms with E-state index in [9.17, 15) is 8.42 Å². The van der Waals surface area contributed by atoms with Gasteiger partial charge in [-0.05, 0) is 61.4 Å². The third kappa shape index (κ3) is 3.94. The van der Waals surface area contributed by atoms with Crippen LogP contribution in [0.2, 0.25) is 5.02 Å². The van der Waals surface area contributed by atoms with E-state index in [0.29, 0.717) is 53.1 Å². The molecular weight excluding hydrogens is 462 g/mol. The van der Waals surface area contributed by atoms with Crippen LogP contribution in [0.3, 0.4) is 0 Å². The zero-order chi connectivity index (χ0) is 23.2. The number of aromatic nitrogens is 5. The van der Waals surface area contributed by atoms with E-state index in [-0.39, 0.29) is 0 Å². The van der Waals surface area contributed by atoms with Gasteiger partial charge >= 0.3 is 0 Å². The number of anilines is 1. The smallest absolute Gasteiger partial charge is 0.243 e. The van der Waals surface area contributed by atoms with Gasteiger partial charge in [0.15, 0.2) is 17.0 Å². The van der Waals surface area contributed by atoms with E-state index >= 15 is 0 Å². The van der Waals surface area contributed by atoms with Crippen LogP contribution < -0.4 is 4.90 Å². The molecule has 11 heteroatoms. The molecule has 33 heavy (non-hydrogen) atoms. The van der Waals surface area contributed by atoms with Crippen molar-refractivity contribution in [2.45, 2.75) is 18.7 Å². The van der Waals surface area contributed by atoms with Crippen LogP contribution in [0.4, 0.5) is 5.82 Å². The van der Waals surface area contributed by atoms with Crippen molar-refractivity contribution in [3.63, 3.8) is 0 Å². The van der Waals surface area contributed by atoms with Crippen molar-refractivity contribution >= 4 is 38.6 Å². The van der Waals surface area contributed by atoms with E-state index in [2.05, 4.69) is 20.3 Å². The van der Waals surface area contributed by atoms with E-state index in [1.807, 2.05) is 36.9 Å². The van der Waals surface area contributed by atoms with Crippen molar-refractivity contribution in [2.75, 3.05) is 31.1 Å². The number of sulfonamides is 1. The first-order valence-corrected chi connectivity index (χ1v) is 12.3. The van der Waals surface area contributed by atoms with Crippen molar-refractivity contribution in [1.82, 2.24) is 29.3 Å². The van der Waals surface area contributed by atoms with Crippen molar-refractivity contribution < 1.29 is 8.42 Å². The lowest BCUT2D eigenvalue weighted by Crippen LogP contribution is -2.49. The lowest BCUT2D eigenvalue weighted by molar-refractivity contribution is 0.384. The summed E-state index contributed by atoms with van der Waals surface area (Å²) in [5.41, 5.74) is 3.96. The fraction of sp³-hybridized carbons (Fsp3) is 0.273. The van der Waals surface area contributed by atoms with E-state index in [1.54, 1.807) is 28.9 Å². The Morgan fingerprint density at radius 1 is 0.909 bits per heavy atom. The number of benzene rings is 2. The molecule has 4 aromatic rings. The summed E-state index contributed by atoms with van der Waals surface area (Å²) in [5, 5.41) is 9.19. The van der Waals surface area contributed by atoms with E-state index in [1.165, 1.54) is 10.6 Å². The van der Waals surface area contributed by atoms with Gasteiger partial charge in [0.05, 0.1) is 10.6 Å². The van der Waals surface area contributed by atoms with Gasteiger partial charge in [0.25, 0.3) is 0 Å². The summed E-state index contributed by atoms with van der Waals surface area (Å²) in [4.78, 5) is 11.1. The monoisotopic (exact) mass is 483 g/mol. The van der Waals surface area contributed by atoms with Gasteiger partial charge in [0.2, 0.25) is 10.0 Å². The highest BCUT2D eigenvalue weighted by molar-refractivity contribution is 7.89. The molecule has 3 heterocycles. The predicted molar refractivity (Wildman–Crippen MR) is 126 cm³/mol. The van der Waals surface area contributed by atoms with Gasteiger partial charge < -0.3 is 4.90 Å². The van der Waals surface area contributed by atoms with Gasteiger partial charge in [-0.15, -0.1) is 5.10 Å². The molecule has 0 aliphatic carbocycles. The molecule has 9 nitrogen and oxygen atoms in total. The van der Waals surface area contributed by atoms with Gasteiger partial charge in [-0.1, -0.05) is 22.9 Å². The van der Waals surface area contributed by atoms with Gasteiger partial charge in [0, 0.05) is 31.2 Å². The summed E-state index contributed by atoms with van der Waals surface area (Å²) in [6, 6.07) is 12.5. The number of nitrogens with zero attached hydrogens (tertiary/aromatic N) is 7. The summed E-state index contributed by atoms with van der Waals surface area (Å²) in [5.74, 6) is 0.642. The second-order valence-corrected chi connectivity index (χ2v) is 10.4. The first-order chi connectivity index (χ1) is 15.8. The second kappa shape index (κ2) is 8.36. The van der Waals surface area contributed by atoms with Crippen molar-refractivity contribution in [2.24, 2.45) is 0 Å². The highest BCUT2D eigenvalue weighted by atomic mass is 35.5. The maximum Gasteiger partial charge on any atom is 0.243 e. The van der Waals surface area contributed by atoms with Crippen molar-refractivity contribution in [3.05, 3.63) is 64.9 Å². The average molecular weight is 484 g/mol. The van der Waals surface area contributed by atoms with Crippen LogP contribution in [0.25, 0.3) is 16.9 Å². The molecule has 1 aliphatic heterocycles. The molecule has 2 aromatic carbocycles.